The molecule has 5 nitrogen and oxygen atoms in total. The second-order valence-corrected chi connectivity index (χ2v) is 4.10. The van der Waals surface area contributed by atoms with Gasteiger partial charge in [-0.1, -0.05) is 6.42 Å². The molecule has 1 aliphatic heterocycles. The molecule has 16 heavy (non-hydrogen) atoms. The lowest BCUT2D eigenvalue weighted by molar-refractivity contribution is -0.124. The molecule has 1 amide bonds. The van der Waals surface area contributed by atoms with Crippen LogP contribution in [0.2, 0.25) is 0 Å². The molecule has 1 heterocycles. The molecule has 5 heteroatoms. The van der Waals surface area contributed by atoms with Crippen molar-refractivity contribution in [3.8, 4) is 0 Å². The summed E-state index contributed by atoms with van der Waals surface area (Å²) in [4.78, 5) is 11.5. The molecule has 4 N–H and O–H groups in total. The third-order valence-corrected chi connectivity index (χ3v) is 2.62. The minimum Gasteiger partial charge on any atom is -0.375 e. The molecular weight excluding hydrogens is 206 g/mol. The fourth-order valence-corrected chi connectivity index (χ4v) is 1.70. The number of unbranched alkanes of at least 4 members (excludes halogenated alkanes) is 2. The van der Waals surface area contributed by atoms with Crippen LogP contribution in [0.25, 0.3) is 0 Å². The summed E-state index contributed by atoms with van der Waals surface area (Å²) in [6.07, 6.45) is 3.62. The fourth-order valence-electron chi connectivity index (χ4n) is 1.70. The average Bonchev–Trinajstić information content (AvgIpc) is 2.30. The van der Waals surface area contributed by atoms with Gasteiger partial charge in [-0.25, -0.2) is 0 Å². The fraction of sp³-hybridized carbons (Fsp3) is 0.909. The third kappa shape index (κ3) is 6.05. The van der Waals surface area contributed by atoms with Crippen molar-refractivity contribution in [3.63, 3.8) is 0 Å². The van der Waals surface area contributed by atoms with Crippen LogP contribution in [0.4, 0.5) is 0 Å². The van der Waals surface area contributed by atoms with Crippen molar-refractivity contribution in [1.29, 1.82) is 0 Å². The van der Waals surface area contributed by atoms with E-state index in [1.807, 2.05) is 0 Å². The maximum Gasteiger partial charge on any atom is 0.222 e. The second kappa shape index (κ2) is 8.50. The number of amides is 1. The van der Waals surface area contributed by atoms with Crippen molar-refractivity contribution in [3.05, 3.63) is 0 Å². The Hall–Kier alpha value is -0.650. The normalized spacial score (nSPS) is 20.7. The number of rotatable bonds is 7. The third-order valence-electron chi connectivity index (χ3n) is 2.62. The van der Waals surface area contributed by atoms with Crippen LogP contribution in [0.1, 0.15) is 25.7 Å². The van der Waals surface area contributed by atoms with Crippen LogP contribution in [0.3, 0.4) is 0 Å². The summed E-state index contributed by atoms with van der Waals surface area (Å²) < 4.78 is 5.45. The summed E-state index contributed by atoms with van der Waals surface area (Å²) in [5.41, 5.74) is 5.38. The number of hydrogen-bond donors (Lipinski definition) is 3. The van der Waals surface area contributed by atoms with Crippen LogP contribution in [-0.4, -0.2) is 44.8 Å². The second-order valence-electron chi connectivity index (χ2n) is 4.10. The van der Waals surface area contributed by atoms with Gasteiger partial charge < -0.3 is 21.1 Å². The lowest BCUT2D eigenvalue weighted by Crippen LogP contribution is -2.41. The number of carbonyl (C=O) groups is 1. The monoisotopic (exact) mass is 229 g/mol. The Morgan fingerprint density at radius 2 is 2.31 bits per heavy atom. The van der Waals surface area contributed by atoms with Gasteiger partial charge in [0.2, 0.25) is 5.91 Å². The molecule has 1 fully saturated rings. The van der Waals surface area contributed by atoms with Crippen molar-refractivity contribution in [2.75, 3.05) is 32.8 Å². The zero-order valence-electron chi connectivity index (χ0n) is 9.84. The first-order valence-electron chi connectivity index (χ1n) is 6.12. The maximum atomic E-state index is 11.5. The SMILES string of the molecule is NCCCCCNC(=O)CC1CNCCO1. The van der Waals surface area contributed by atoms with Gasteiger partial charge in [0.15, 0.2) is 0 Å². The van der Waals surface area contributed by atoms with E-state index in [9.17, 15) is 4.79 Å². The standard InChI is InChI=1S/C11H23N3O2/c12-4-2-1-3-5-14-11(15)8-10-9-13-6-7-16-10/h10,13H,1-9,12H2,(H,14,15). The molecule has 1 rings (SSSR count). The van der Waals surface area contributed by atoms with Crippen LogP contribution in [-0.2, 0) is 9.53 Å². The highest BCUT2D eigenvalue weighted by atomic mass is 16.5. The van der Waals surface area contributed by atoms with Gasteiger partial charge in [0, 0.05) is 19.6 Å². The predicted octanol–water partition coefficient (Wildman–Crippen LogP) is -0.390. The number of nitrogens with two attached hydrogens (primary N) is 1. The van der Waals surface area contributed by atoms with E-state index in [-0.39, 0.29) is 12.0 Å². The highest BCUT2D eigenvalue weighted by molar-refractivity contribution is 5.76. The van der Waals surface area contributed by atoms with Crippen molar-refractivity contribution >= 4 is 5.91 Å². The molecule has 0 aromatic heterocycles. The zero-order chi connectivity index (χ0) is 11.6. The zero-order valence-corrected chi connectivity index (χ0v) is 9.84. The minimum atomic E-state index is 0.0396. The summed E-state index contributed by atoms with van der Waals surface area (Å²) in [6, 6.07) is 0. The first-order valence-corrected chi connectivity index (χ1v) is 6.12. The van der Waals surface area contributed by atoms with E-state index in [4.69, 9.17) is 10.5 Å². The number of morpholine rings is 1. The maximum absolute atomic E-state index is 11.5. The Labute approximate surface area is 97.1 Å². The van der Waals surface area contributed by atoms with Crippen LogP contribution < -0.4 is 16.4 Å². The van der Waals surface area contributed by atoms with E-state index >= 15 is 0 Å². The number of nitrogens with one attached hydrogen (secondary N) is 2. The minimum absolute atomic E-state index is 0.0396. The molecule has 1 aliphatic rings. The van der Waals surface area contributed by atoms with Crippen LogP contribution >= 0.6 is 0 Å². The number of hydrogen-bond acceptors (Lipinski definition) is 4. The van der Waals surface area contributed by atoms with Crippen LogP contribution in [0, 0.1) is 0 Å². The topological polar surface area (TPSA) is 76.4 Å². The quantitative estimate of drug-likeness (QED) is 0.520. The Kier molecular flexibility index (Phi) is 7.12. The average molecular weight is 229 g/mol. The highest BCUT2D eigenvalue weighted by Crippen LogP contribution is 2.01. The molecule has 0 aromatic rings. The summed E-state index contributed by atoms with van der Waals surface area (Å²) in [7, 11) is 0. The van der Waals surface area contributed by atoms with Crippen LogP contribution in [0.5, 0.6) is 0 Å². The Morgan fingerprint density at radius 3 is 3.00 bits per heavy atom. The first-order chi connectivity index (χ1) is 7.83. The molecule has 0 aromatic carbocycles. The molecule has 0 radical (unpaired) electrons. The predicted molar refractivity (Wildman–Crippen MR) is 63.1 cm³/mol. The van der Waals surface area contributed by atoms with Gasteiger partial charge in [0.25, 0.3) is 0 Å². The van der Waals surface area contributed by atoms with Crippen LogP contribution in [0.15, 0.2) is 0 Å². The van der Waals surface area contributed by atoms with E-state index < -0.39 is 0 Å². The lowest BCUT2D eigenvalue weighted by Gasteiger charge is -2.23. The summed E-state index contributed by atoms with van der Waals surface area (Å²) in [5, 5.41) is 6.11. The Bertz CT molecular complexity index is 194. The Morgan fingerprint density at radius 1 is 1.44 bits per heavy atom. The van der Waals surface area contributed by atoms with Gasteiger partial charge >= 0.3 is 0 Å². The summed E-state index contributed by atoms with van der Waals surface area (Å²) in [6.45, 7) is 3.85. The van der Waals surface area contributed by atoms with Gasteiger partial charge in [0.05, 0.1) is 19.1 Å². The van der Waals surface area contributed by atoms with E-state index in [2.05, 4.69) is 10.6 Å². The largest absolute Gasteiger partial charge is 0.375 e. The Balaban J connectivity index is 1.97. The van der Waals surface area contributed by atoms with Gasteiger partial charge in [-0.2, -0.15) is 0 Å². The van der Waals surface area contributed by atoms with Gasteiger partial charge in [-0.15, -0.1) is 0 Å². The van der Waals surface area contributed by atoms with Crippen molar-refractivity contribution in [2.24, 2.45) is 5.73 Å². The summed E-state index contributed by atoms with van der Waals surface area (Å²) >= 11 is 0. The van der Waals surface area contributed by atoms with E-state index in [0.29, 0.717) is 13.0 Å². The lowest BCUT2D eigenvalue weighted by atomic mass is 10.2. The van der Waals surface area contributed by atoms with Crippen molar-refractivity contribution < 1.29 is 9.53 Å². The number of ether oxygens (including phenoxy) is 1. The molecule has 94 valence electrons. The molecule has 0 saturated carbocycles. The van der Waals surface area contributed by atoms with E-state index in [1.165, 1.54) is 0 Å². The van der Waals surface area contributed by atoms with Gasteiger partial charge in [0.1, 0.15) is 0 Å². The summed E-state index contributed by atoms with van der Waals surface area (Å²) in [5.74, 6) is 0.0847. The van der Waals surface area contributed by atoms with Crippen molar-refractivity contribution in [2.45, 2.75) is 31.8 Å². The molecule has 0 spiro atoms. The molecular formula is C11H23N3O2. The smallest absolute Gasteiger partial charge is 0.222 e. The molecule has 1 unspecified atom stereocenters. The highest BCUT2D eigenvalue weighted by Gasteiger charge is 2.16. The van der Waals surface area contributed by atoms with E-state index in [1.54, 1.807) is 0 Å². The van der Waals surface area contributed by atoms with E-state index in [0.717, 1.165) is 45.4 Å². The molecule has 0 bridgehead atoms. The first kappa shape index (κ1) is 13.4. The number of carbonyl (C=O) groups excluding carboxylic acids is 1. The van der Waals surface area contributed by atoms with Gasteiger partial charge in [-0.05, 0) is 19.4 Å². The molecule has 1 saturated heterocycles. The molecule has 0 aliphatic carbocycles. The van der Waals surface area contributed by atoms with Gasteiger partial charge in [-0.3, -0.25) is 4.79 Å². The van der Waals surface area contributed by atoms with Crippen molar-refractivity contribution in [1.82, 2.24) is 10.6 Å². The molecule has 1 atom stereocenters.